The van der Waals surface area contributed by atoms with Gasteiger partial charge in [0.1, 0.15) is 12.7 Å². The van der Waals surface area contributed by atoms with E-state index in [4.69, 9.17) is 0 Å². The van der Waals surface area contributed by atoms with Crippen molar-refractivity contribution in [2.45, 2.75) is 6.54 Å². The third kappa shape index (κ3) is 0.964. The fraction of sp³-hybridized carbons (Fsp3) is 0.167. The molecule has 0 aromatic carbocycles. The highest BCUT2D eigenvalue weighted by molar-refractivity contribution is 4.60. The summed E-state index contributed by atoms with van der Waals surface area (Å²) in [5.41, 5.74) is 0. The lowest BCUT2D eigenvalue weighted by molar-refractivity contribution is -0.685. The van der Waals surface area contributed by atoms with Gasteiger partial charge < -0.3 is 0 Å². The number of hydrogen-bond acceptors (Lipinski definition) is 0. The molecule has 1 aromatic rings. The fourth-order valence-corrected chi connectivity index (χ4v) is 0.532. The molecule has 0 fully saturated rings. The normalized spacial score (nSPS) is 9.00. The van der Waals surface area contributed by atoms with Gasteiger partial charge in [0, 0.05) is 0 Å². The van der Waals surface area contributed by atoms with Gasteiger partial charge in [0.05, 0.1) is 0 Å². The molecule has 0 bridgehead atoms. The number of nitrogens with one attached hydrogen (secondary N) is 1. The summed E-state index contributed by atoms with van der Waals surface area (Å²) in [5, 5.41) is 0. The lowest BCUT2D eigenvalue weighted by Crippen LogP contribution is -2.28. The maximum Gasteiger partial charge on any atom is 0.242 e. The number of allylic oxidation sites excluding steroid dienone is 1. The Kier molecular flexibility index (Phi) is 1.47. The van der Waals surface area contributed by atoms with Gasteiger partial charge in [-0.25, -0.2) is 9.55 Å². The number of nitrogens with zero attached hydrogens (tertiary/aromatic N) is 1. The van der Waals surface area contributed by atoms with Crippen LogP contribution in [0.5, 0.6) is 0 Å². The van der Waals surface area contributed by atoms with E-state index < -0.39 is 0 Å². The molecular formula is C6H8N2+. The molecule has 2 nitrogen and oxygen atoms in total. The third-order valence-electron chi connectivity index (χ3n) is 0.884. The zero-order valence-corrected chi connectivity index (χ0v) is 4.59. The van der Waals surface area contributed by atoms with Crippen molar-refractivity contribution in [1.29, 1.82) is 0 Å². The highest BCUT2D eigenvalue weighted by Crippen LogP contribution is 1.67. The second-order valence-electron chi connectivity index (χ2n) is 1.53. The molecule has 0 atom stereocenters. The van der Waals surface area contributed by atoms with E-state index in [-0.39, 0.29) is 0 Å². The molecule has 0 saturated heterocycles. The lowest BCUT2D eigenvalue weighted by Gasteiger charge is -1.81. The quantitative estimate of drug-likeness (QED) is 0.415. The summed E-state index contributed by atoms with van der Waals surface area (Å²) in [5.74, 6) is 0. The molecule has 1 rings (SSSR count). The highest BCUT2D eigenvalue weighted by Gasteiger charge is 1.88. The second-order valence-corrected chi connectivity index (χ2v) is 1.53. The van der Waals surface area contributed by atoms with E-state index in [0.29, 0.717) is 0 Å². The predicted molar refractivity (Wildman–Crippen MR) is 30.0 cm³/mol. The fourth-order valence-electron chi connectivity index (χ4n) is 0.532. The van der Waals surface area contributed by atoms with E-state index in [2.05, 4.69) is 17.8 Å². The number of H-pyrrole nitrogens is 1. The molecule has 8 heavy (non-hydrogen) atoms. The molecule has 0 aliphatic heterocycles. The molecule has 1 heterocycles. The number of rotatable bonds is 2. The van der Waals surface area contributed by atoms with E-state index in [0.717, 1.165) is 6.54 Å². The van der Waals surface area contributed by atoms with Crippen LogP contribution in [0.25, 0.3) is 0 Å². The summed E-state index contributed by atoms with van der Waals surface area (Å²) in [4.78, 5) is 2.80. The Bertz CT molecular complexity index is 153. The van der Waals surface area contributed by atoms with Crippen LogP contribution in [-0.4, -0.2) is 4.98 Å². The maximum absolute atomic E-state index is 3.59. The van der Waals surface area contributed by atoms with Crippen LogP contribution in [0.4, 0.5) is 0 Å². The molecule has 1 radical (unpaired) electrons. The molecule has 0 aliphatic carbocycles. The van der Waals surface area contributed by atoms with Gasteiger partial charge in [0.15, 0.2) is 0 Å². The molecule has 1 N–H and O–H groups in total. The van der Waals surface area contributed by atoms with Gasteiger partial charge >= 0.3 is 0 Å². The first-order valence-corrected chi connectivity index (χ1v) is 2.48. The average Bonchev–Trinajstić information content (AvgIpc) is 2.19. The van der Waals surface area contributed by atoms with Gasteiger partial charge in [-0.05, 0) is 0 Å². The average molecular weight is 108 g/mol. The molecule has 2 heteroatoms. The molecule has 41 valence electrons. The van der Waals surface area contributed by atoms with E-state index in [1.807, 2.05) is 23.2 Å². The lowest BCUT2D eigenvalue weighted by atomic mass is 10.6. The van der Waals surface area contributed by atoms with Crippen molar-refractivity contribution >= 4 is 0 Å². The zero-order chi connectivity index (χ0) is 5.82. The Morgan fingerprint density at radius 1 is 1.88 bits per heavy atom. The minimum absolute atomic E-state index is 0.847. The third-order valence-corrected chi connectivity index (χ3v) is 0.884. The van der Waals surface area contributed by atoms with E-state index >= 15 is 0 Å². The van der Waals surface area contributed by atoms with Crippen LogP contribution in [0.2, 0.25) is 0 Å². The molecule has 1 aromatic heterocycles. The van der Waals surface area contributed by atoms with Crippen molar-refractivity contribution in [3.8, 4) is 0 Å². The summed E-state index contributed by atoms with van der Waals surface area (Å²) in [6, 6.07) is 0. The highest BCUT2D eigenvalue weighted by atomic mass is 15.0. The van der Waals surface area contributed by atoms with Crippen LogP contribution in [-0.2, 0) is 6.54 Å². The monoisotopic (exact) mass is 108 g/mol. The van der Waals surface area contributed by atoms with Gasteiger partial charge in [-0.15, -0.1) is 0 Å². The molecule has 0 amide bonds. The first-order chi connectivity index (χ1) is 3.93. The predicted octanol–water partition coefficient (Wildman–Crippen LogP) is 0.288. The number of imidazole rings is 1. The largest absolute Gasteiger partial charge is 0.242 e. The molecule has 0 aliphatic rings. The number of aromatic nitrogens is 2. The van der Waals surface area contributed by atoms with Gasteiger partial charge in [0.25, 0.3) is 0 Å². The van der Waals surface area contributed by atoms with Crippen molar-refractivity contribution in [2.75, 3.05) is 0 Å². The van der Waals surface area contributed by atoms with Crippen molar-refractivity contribution in [1.82, 2.24) is 4.98 Å². The minimum Gasteiger partial charge on any atom is -0.240 e. The van der Waals surface area contributed by atoms with Crippen molar-refractivity contribution in [3.63, 3.8) is 0 Å². The van der Waals surface area contributed by atoms with E-state index in [1.165, 1.54) is 0 Å². The SMILES string of the molecule is C=CC[n+]1c[c][nH]c1. The van der Waals surface area contributed by atoms with Gasteiger partial charge in [-0.1, -0.05) is 12.7 Å². The van der Waals surface area contributed by atoms with Crippen molar-refractivity contribution < 1.29 is 4.57 Å². The maximum atomic E-state index is 3.59. The number of hydrogen-bond donors (Lipinski definition) is 1. The van der Waals surface area contributed by atoms with Gasteiger partial charge in [-0.3, -0.25) is 0 Å². The first-order valence-electron chi connectivity index (χ1n) is 2.48. The summed E-state index contributed by atoms with van der Waals surface area (Å²) in [6.07, 6.45) is 8.31. The van der Waals surface area contributed by atoms with Crippen LogP contribution in [0.15, 0.2) is 25.2 Å². The Balaban J connectivity index is 2.62. The van der Waals surface area contributed by atoms with Crippen LogP contribution >= 0.6 is 0 Å². The summed E-state index contributed by atoms with van der Waals surface area (Å²) < 4.78 is 1.95. The van der Waals surface area contributed by atoms with Crippen LogP contribution in [0.3, 0.4) is 0 Å². The summed E-state index contributed by atoms with van der Waals surface area (Å²) >= 11 is 0. The Hall–Kier alpha value is -1.05. The van der Waals surface area contributed by atoms with Gasteiger partial charge in [0.2, 0.25) is 12.5 Å². The second kappa shape index (κ2) is 2.31. The van der Waals surface area contributed by atoms with E-state index in [1.54, 1.807) is 0 Å². The van der Waals surface area contributed by atoms with Crippen LogP contribution < -0.4 is 4.57 Å². The zero-order valence-electron chi connectivity index (χ0n) is 4.59. The van der Waals surface area contributed by atoms with Crippen molar-refractivity contribution in [2.24, 2.45) is 0 Å². The van der Waals surface area contributed by atoms with Crippen molar-refractivity contribution in [3.05, 3.63) is 31.4 Å². The van der Waals surface area contributed by atoms with Gasteiger partial charge in [-0.2, -0.15) is 0 Å². The topological polar surface area (TPSA) is 19.7 Å². The van der Waals surface area contributed by atoms with Crippen LogP contribution in [0, 0.1) is 6.20 Å². The first kappa shape index (κ1) is 5.09. The standard InChI is InChI=1S/C6H8N2/c1-2-4-8-5-3-7-6-8/h2,5-7H,1,4H2/q+1. The minimum atomic E-state index is 0.847. The Morgan fingerprint density at radius 3 is 3.25 bits per heavy atom. The molecule has 0 unspecified atom stereocenters. The summed E-state index contributed by atoms with van der Waals surface area (Å²) in [7, 11) is 0. The van der Waals surface area contributed by atoms with Crippen LogP contribution in [0.1, 0.15) is 0 Å². The molecule has 0 saturated carbocycles. The van der Waals surface area contributed by atoms with E-state index in [9.17, 15) is 0 Å². The molecule has 0 spiro atoms. The molecular weight excluding hydrogens is 100 g/mol. The Labute approximate surface area is 48.5 Å². The summed E-state index contributed by atoms with van der Waals surface area (Å²) in [6.45, 7) is 4.43. The smallest absolute Gasteiger partial charge is 0.240 e. The number of aromatic amines is 1. The Morgan fingerprint density at radius 2 is 2.75 bits per heavy atom.